The fourth-order valence-corrected chi connectivity index (χ4v) is 4.05. The second kappa shape index (κ2) is 7.44. The molecule has 33 heavy (non-hydrogen) atoms. The van der Waals surface area contributed by atoms with Gasteiger partial charge in [0.1, 0.15) is 23.7 Å². The molecule has 1 aromatic carbocycles. The first-order chi connectivity index (χ1) is 16.1. The van der Waals surface area contributed by atoms with Crippen molar-refractivity contribution in [2.24, 2.45) is 0 Å². The lowest BCUT2D eigenvalue weighted by Gasteiger charge is -2.09. The number of fused-ring (bicyclic) bond motifs is 5. The van der Waals surface area contributed by atoms with Gasteiger partial charge in [0.25, 0.3) is 0 Å². The Bertz CT molecular complexity index is 1470. The summed E-state index contributed by atoms with van der Waals surface area (Å²) >= 11 is 0. The third-order valence-electron chi connectivity index (χ3n) is 5.69. The molecular weight excluding hydrogens is 423 g/mol. The number of halogens is 1. The molecule has 0 unspecified atom stereocenters. The third-order valence-corrected chi connectivity index (χ3v) is 5.69. The van der Waals surface area contributed by atoms with Gasteiger partial charge in [-0.15, -0.1) is 10.2 Å². The predicted molar refractivity (Wildman–Crippen MR) is 116 cm³/mol. The summed E-state index contributed by atoms with van der Waals surface area (Å²) in [5.74, 6) is 2.05. The van der Waals surface area contributed by atoms with Crippen LogP contribution in [0.4, 0.5) is 4.39 Å². The van der Waals surface area contributed by atoms with E-state index in [1.54, 1.807) is 24.8 Å². The van der Waals surface area contributed by atoms with Crippen LogP contribution in [0, 0.1) is 5.82 Å². The first-order valence-electron chi connectivity index (χ1n) is 10.6. The number of nitrogens with zero attached hydrogens (tertiary/aromatic N) is 8. The molecule has 0 bridgehead atoms. The van der Waals surface area contributed by atoms with Crippen LogP contribution in [0.15, 0.2) is 53.6 Å². The standard InChI is InChI=1S/C23H19FN8O/c1-13(2)23-27-21(30-33-23)20-18-11-31-19(8-14-4-3-7-25-10-14)28-29-22(31)16-9-15(24)5-6-17(16)32(18)12-26-20/h3-7,9-10,12-13H,8,11H2,1-2H3. The Morgan fingerprint density at radius 2 is 2.09 bits per heavy atom. The number of hydrogen-bond donors (Lipinski definition) is 0. The summed E-state index contributed by atoms with van der Waals surface area (Å²) < 4.78 is 23.6. The highest BCUT2D eigenvalue weighted by atomic mass is 19.1. The van der Waals surface area contributed by atoms with Gasteiger partial charge in [-0.1, -0.05) is 25.1 Å². The summed E-state index contributed by atoms with van der Waals surface area (Å²) in [5, 5.41) is 13.0. The topological polar surface area (TPSA) is 100 Å². The SMILES string of the molecule is CC(C)c1nc(-c2ncn3c2Cn2c(Cc4cccnc4)nnc2-c2cc(F)ccc2-3)no1. The molecule has 0 aliphatic carbocycles. The van der Waals surface area contributed by atoms with Gasteiger partial charge in [-0.25, -0.2) is 9.37 Å². The van der Waals surface area contributed by atoms with E-state index in [2.05, 4.69) is 30.3 Å². The minimum Gasteiger partial charge on any atom is -0.339 e. The lowest BCUT2D eigenvalue weighted by molar-refractivity contribution is 0.365. The van der Waals surface area contributed by atoms with Crippen LogP contribution in [-0.2, 0) is 13.0 Å². The maximum absolute atomic E-state index is 14.3. The van der Waals surface area contributed by atoms with Gasteiger partial charge < -0.3 is 9.09 Å². The Morgan fingerprint density at radius 1 is 1.18 bits per heavy atom. The first-order valence-corrected chi connectivity index (χ1v) is 10.6. The van der Waals surface area contributed by atoms with Gasteiger partial charge >= 0.3 is 0 Å². The Labute approximate surface area is 188 Å². The summed E-state index contributed by atoms with van der Waals surface area (Å²) in [5.41, 5.74) is 3.85. The fraction of sp³-hybridized carbons (Fsp3) is 0.217. The van der Waals surface area contributed by atoms with E-state index in [1.165, 1.54) is 12.1 Å². The van der Waals surface area contributed by atoms with E-state index < -0.39 is 0 Å². The van der Waals surface area contributed by atoms with Gasteiger partial charge in [0.2, 0.25) is 11.7 Å². The summed E-state index contributed by atoms with van der Waals surface area (Å²) in [4.78, 5) is 13.3. The highest BCUT2D eigenvalue weighted by Gasteiger charge is 2.28. The Balaban J connectivity index is 1.53. The molecule has 0 atom stereocenters. The molecule has 164 valence electrons. The van der Waals surface area contributed by atoms with Crippen LogP contribution in [0.1, 0.15) is 42.7 Å². The molecule has 1 aliphatic heterocycles. The monoisotopic (exact) mass is 442 g/mol. The quantitative estimate of drug-likeness (QED) is 0.409. The molecule has 0 N–H and O–H groups in total. The van der Waals surface area contributed by atoms with Gasteiger partial charge in [0.05, 0.1) is 17.9 Å². The molecule has 1 aliphatic rings. The van der Waals surface area contributed by atoms with Crippen LogP contribution in [0.3, 0.4) is 0 Å². The Hall–Kier alpha value is -4.21. The number of aromatic nitrogens is 8. The van der Waals surface area contributed by atoms with E-state index in [0.717, 1.165) is 22.8 Å². The number of imidazole rings is 1. The number of pyridine rings is 1. The third kappa shape index (κ3) is 3.22. The average Bonchev–Trinajstić information content (AvgIpc) is 3.53. The van der Waals surface area contributed by atoms with Crippen LogP contribution in [0.5, 0.6) is 0 Å². The molecule has 9 nitrogen and oxygen atoms in total. The summed E-state index contributed by atoms with van der Waals surface area (Å²) in [6, 6.07) is 8.50. The smallest absolute Gasteiger partial charge is 0.229 e. The Kier molecular flexibility index (Phi) is 4.39. The molecule has 10 heteroatoms. The van der Waals surface area contributed by atoms with E-state index in [0.29, 0.717) is 41.8 Å². The number of rotatable bonds is 4. The zero-order valence-electron chi connectivity index (χ0n) is 18.0. The predicted octanol–water partition coefficient (Wildman–Crippen LogP) is 3.79. The minimum absolute atomic E-state index is 0.103. The van der Waals surface area contributed by atoms with Crippen LogP contribution in [0.25, 0.3) is 28.6 Å². The van der Waals surface area contributed by atoms with Crippen molar-refractivity contribution in [2.75, 3.05) is 0 Å². The maximum atomic E-state index is 14.3. The molecule has 6 rings (SSSR count). The van der Waals surface area contributed by atoms with E-state index in [1.807, 2.05) is 35.1 Å². The molecule has 4 aromatic heterocycles. The van der Waals surface area contributed by atoms with Crippen molar-refractivity contribution in [1.29, 1.82) is 0 Å². The van der Waals surface area contributed by atoms with Crippen molar-refractivity contribution in [3.05, 3.63) is 77.8 Å². The second-order valence-corrected chi connectivity index (χ2v) is 8.25. The molecule has 0 fully saturated rings. The van der Waals surface area contributed by atoms with E-state index in [-0.39, 0.29) is 11.7 Å². The van der Waals surface area contributed by atoms with Crippen LogP contribution < -0.4 is 0 Å². The van der Waals surface area contributed by atoms with E-state index in [9.17, 15) is 4.39 Å². The van der Waals surface area contributed by atoms with Gasteiger partial charge in [-0.05, 0) is 29.8 Å². The minimum atomic E-state index is -0.347. The lowest BCUT2D eigenvalue weighted by Crippen LogP contribution is -2.09. The first kappa shape index (κ1) is 19.5. The van der Waals surface area contributed by atoms with Crippen molar-refractivity contribution < 1.29 is 8.91 Å². The van der Waals surface area contributed by atoms with Gasteiger partial charge in [0, 0.05) is 30.3 Å². The maximum Gasteiger partial charge on any atom is 0.229 e. The van der Waals surface area contributed by atoms with Crippen LogP contribution in [0.2, 0.25) is 0 Å². The van der Waals surface area contributed by atoms with Crippen molar-refractivity contribution in [1.82, 2.24) is 39.4 Å². The van der Waals surface area contributed by atoms with Gasteiger partial charge in [-0.3, -0.25) is 9.55 Å². The summed E-state index contributed by atoms with van der Waals surface area (Å²) in [6.07, 6.45) is 5.77. The molecule has 0 spiro atoms. The van der Waals surface area contributed by atoms with Gasteiger partial charge in [-0.2, -0.15) is 4.98 Å². The van der Waals surface area contributed by atoms with Crippen LogP contribution in [-0.4, -0.2) is 39.4 Å². The number of benzene rings is 1. The van der Waals surface area contributed by atoms with Crippen molar-refractivity contribution in [2.45, 2.75) is 32.7 Å². The van der Waals surface area contributed by atoms with Crippen molar-refractivity contribution in [3.8, 4) is 28.6 Å². The highest BCUT2D eigenvalue weighted by molar-refractivity contribution is 5.71. The largest absolute Gasteiger partial charge is 0.339 e. The number of hydrogen-bond acceptors (Lipinski definition) is 7. The van der Waals surface area contributed by atoms with Gasteiger partial charge in [0.15, 0.2) is 5.82 Å². The van der Waals surface area contributed by atoms with Crippen LogP contribution >= 0.6 is 0 Å². The van der Waals surface area contributed by atoms with Crippen molar-refractivity contribution in [3.63, 3.8) is 0 Å². The fourth-order valence-electron chi connectivity index (χ4n) is 4.05. The molecule has 0 saturated carbocycles. The zero-order chi connectivity index (χ0) is 22.5. The average molecular weight is 442 g/mol. The zero-order valence-corrected chi connectivity index (χ0v) is 18.0. The van der Waals surface area contributed by atoms with Crippen molar-refractivity contribution >= 4 is 0 Å². The highest BCUT2D eigenvalue weighted by Crippen LogP contribution is 2.35. The molecule has 0 saturated heterocycles. The Morgan fingerprint density at radius 3 is 2.88 bits per heavy atom. The van der Waals surface area contributed by atoms with E-state index in [4.69, 9.17) is 4.52 Å². The molecule has 5 aromatic rings. The lowest BCUT2D eigenvalue weighted by atomic mass is 10.1. The summed E-state index contributed by atoms with van der Waals surface area (Å²) in [7, 11) is 0. The molecule has 0 radical (unpaired) electrons. The second-order valence-electron chi connectivity index (χ2n) is 8.25. The summed E-state index contributed by atoms with van der Waals surface area (Å²) in [6.45, 7) is 4.39. The normalized spacial score (nSPS) is 12.4. The molecule has 0 amide bonds. The molecule has 5 heterocycles. The van der Waals surface area contributed by atoms with E-state index >= 15 is 0 Å². The molecular formula is C23H19FN8O.